The van der Waals surface area contributed by atoms with E-state index in [1.54, 1.807) is 0 Å². The van der Waals surface area contributed by atoms with Crippen LogP contribution in [0.1, 0.15) is 45.4 Å². The van der Waals surface area contributed by atoms with Gasteiger partial charge in [0.25, 0.3) is 0 Å². The molecule has 1 rings (SSSR count). The van der Waals surface area contributed by atoms with Gasteiger partial charge in [-0.3, -0.25) is 0 Å². The Balaban J connectivity index is 2.37. The van der Waals surface area contributed by atoms with Crippen LogP contribution in [-0.4, -0.2) is 12.1 Å². The van der Waals surface area contributed by atoms with Crippen molar-refractivity contribution >= 4 is 5.97 Å². The minimum atomic E-state index is -0.290. The predicted octanol–water partition coefficient (Wildman–Crippen LogP) is 3.07. The fraction of sp³-hybridized carbons (Fsp3) is 0.750. The Bertz CT molecular complexity index is 190. The van der Waals surface area contributed by atoms with Gasteiger partial charge in [-0.1, -0.05) is 32.3 Å². The molecule has 2 nitrogen and oxygen atoms in total. The van der Waals surface area contributed by atoms with Gasteiger partial charge in [0, 0.05) is 6.08 Å². The van der Waals surface area contributed by atoms with Gasteiger partial charge in [0.2, 0.25) is 0 Å². The summed E-state index contributed by atoms with van der Waals surface area (Å²) in [6, 6.07) is 0. The third-order valence-corrected chi connectivity index (χ3v) is 3.03. The molecule has 2 heteroatoms. The van der Waals surface area contributed by atoms with Crippen molar-refractivity contribution in [1.29, 1.82) is 0 Å². The molecule has 0 aromatic carbocycles. The van der Waals surface area contributed by atoms with Crippen LogP contribution in [0, 0.1) is 5.92 Å². The molecule has 80 valence electrons. The standard InChI is InChI=1S/C12H20O2/c1-3-12(13)14-10(2)11-8-6-4-5-7-9-11/h3,10-11H,1,4-9H2,2H3. The molecular weight excluding hydrogens is 176 g/mol. The van der Waals surface area contributed by atoms with Crippen LogP contribution in [0.3, 0.4) is 0 Å². The van der Waals surface area contributed by atoms with Gasteiger partial charge in [0.15, 0.2) is 0 Å². The van der Waals surface area contributed by atoms with Crippen LogP contribution >= 0.6 is 0 Å². The minimum Gasteiger partial charge on any atom is -0.459 e. The molecule has 0 heterocycles. The zero-order valence-corrected chi connectivity index (χ0v) is 9.00. The second-order valence-corrected chi connectivity index (χ2v) is 4.10. The topological polar surface area (TPSA) is 26.3 Å². The largest absolute Gasteiger partial charge is 0.459 e. The molecule has 1 unspecified atom stereocenters. The van der Waals surface area contributed by atoms with Crippen LogP contribution < -0.4 is 0 Å². The summed E-state index contributed by atoms with van der Waals surface area (Å²) in [7, 11) is 0. The summed E-state index contributed by atoms with van der Waals surface area (Å²) in [6.07, 6.45) is 8.92. The smallest absolute Gasteiger partial charge is 0.330 e. The van der Waals surface area contributed by atoms with Crippen molar-refractivity contribution in [2.75, 3.05) is 0 Å². The zero-order valence-electron chi connectivity index (χ0n) is 9.00. The molecular formula is C12H20O2. The summed E-state index contributed by atoms with van der Waals surface area (Å²) in [5, 5.41) is 0. The van der Waals surface area contributed by atoms with E-state index in [0.29, 0.717) is 5.92 Å². The average molecular weight is 196 g/mol. The second-order valence-electron chi connectivity index (χ2n) is 4.10. The predicted molar refractivity (Wildman–Crippen MR) is 56.9 cm³/mol. The van der Waals surface area contributed by atoms with E-state index in [9.17, 15) is 4.79 Å². The molecule has 0 radical (unpaired) electrons. The molecule has 0 N–H and O–H groups in total. The molecule has 1 aliphatic carbocycles. The van der Waals surface area contributed by atoms with Crippen molar-refractivity contribution in [1.82, 2.24) is 0 Å². The van der Waals surface area contributed by atoms with Gasteiger partial charge in [-0.15, -0.1) is 0 Å². The lowest BCUT2D eigenvalue weighted by Crippen LogP contribution is -2.22. The van der Waals surface area contributed by atoms with E-state index in [4.69, 9.17) is 4.74 Å². The van der Waals surface area contributed by atoms with Crippen LogP contribution in [0.15, 0.2) is 12.7 Å². The van der Waals surface area contributed by atoms with E-state index in [2.05, 4.69) is 6.58 Å². The van der Waals surface area contributed by atoms with E-state index in [1.807, 2.05) is 6.92 Å². The van der Waals surface area contributed by atoms with E-state index in [1.165, 1.54) is 44.6 Å². The lowest BCUT2D eigenvalue weighted by atomic mass is 9.95. The highest BCUT2D eigenvalue weighted by atomic mass is 16.5. The zero-order chi connectivity index (χ0) is 10.4. The molecule has 0 spiro atoms. The Morgan fingerprint density at radius 2 is 1.93 bits per heavy atom. The van der Waals surface area contributed by atoms with Crippen molar-refractivity contribution in [2.24, 2.45) is 5.92 Å². The first kappa shape index (κ1) is 11.3. The van der Waals surface area contributed by atoms with E-state index in [0.717, 1.165) is 0 Å². The van der Waals surface area contributed by atoms with Crippen LogP contribution in [0.4, 0.5) is 0 Å². The molecule has 0 saturated heterocycles. The molecule has 0 aromatic rings. The van der Waals surface area contributed by atoms with Gasteiger partial charge in [-0.25, -0.2) is 4.79 Å². The maximum absolute atomic E-state index is 11.0. The lowest BCUT2D eigenvalue weighted by molar-refractivity contribution is -0.144. The molecule has 1 saturated carbocycles. The van der Waals surface area contributed by atoms with Crippen molar-refractivity contribution in [3.63, 3.8) is 0 Å². The molecule has 0 aliphatic heterocycles. The monoisotopic (exact) mass is 196 g/mol. The average Bonchev–Trinajstić information content (AvgIpc) is 2.45. The highest BCUT2D eigenvalue weighted by Crippen LogP contribution is 2.26. The number of ether oxygens (including phenoxy) is 1. The number of carbonyl (C=O) groups is 1. The Kier molecular flexibility index (Phi) is 4.71. The fourth-order valence-corrected chi connectivity index (χ4v) is 2.11. The summed E-state index contributed by atoms with van der Waals surface area (Å²) in [6.45, 7) is 5.40. The van der Waals surface area contributed by atoms with Crippen LogP contribution in [-0.2, 0) is 9.53 Å². The second kappa shape index (κ2) is 5.84. The number of hydrogen-bond donors (Lipinski definition) is 0. The van der Waals surface area contributed by atoms with Gasteiger partial charge >= 0.3 is 5.97 Å². The SMILES string of the molecule is C=CC(=O)OC(C)C1CCCCCC1. The summed E-state index contributed by atoms with van der Waals surface area (Å²) < 4.78 is 5.24. The van der Waals surface area contributed by atoms with Crippen LogP contribution in [0.25, 0.3) is 0 Å². The normalized spacial score (nSPS) is 20.9. The molecule has 1 atom stereocenters. The first-order chi connectivity index (χ1) is 6.74. The summed E-state index contributed by atoms with van der Waals surface area (Å²) in [4.78, 5) is 11.0. The van der Waals surface area contributed by atoms with Gasteiger partial charge < -0.3 is 4.74 Å². The quantitative estimate of drug-likeness (QED) is 0.394. The summed E-state index contributed by atoms with van der Waals surface area (Å²) >= 11 is 0. The van der Waals surface area contributed by atoms with Crippen LogP contribution in [0.2, 0.25) is 0 Å². The first-order valence-electron chi connectivity index (χ1n) is 5.57. The van der Waals surface area contributed by atoms with Crippen LogP contribution in [0.5, 0.6) is 0 Å². The number of carbonyl (C=O) groups excluding carboxylic acids is 1. The first-order valence-corrected chi connectivity index (χ1v) is 5.57. The number of rotatable bonds is 3. The van der Waals surface area contributed by atoms with Gasteiger partial charge in [-0.2, -0.15) is 0 Å². The van der Waals surface area contributed by atoms with Gasteiger partial charge in [0.1, 0.15) is 6.10 Å². The highest BCUT2D eigenvalue weighted by Gasteiger charge is 2.21. The minimum absolute atomic E-state index is 0.0543. The highest BCUT2D eigenvalue weighted by molar-refractivity contribution is 5.81. The van der Waals surface area contributed by atoms with Crippen molar-refractivity contribution in [2.45, 2.75) is 51.6 Å². The van der Waals surface area contributed by atoms with E-state index < -0.39 is 0 Å². The molecule has 1 aliphatic rings. The number of esters is 1. The van der Waals surface area contributed by atoms with Crippen molar-refractivity contribution < 1.29 is 9.53 Å². The Labute approximate surface area is 86.3 Å². The Morgan fingerprint density at radius 1 is 1.36 bits per heavy atom. The van der Waals surface area contributed by atoms with E-state index in [-0.39, 0.29) is 12.1 Å². The molecule has 1 fully saturated rings. The molecule has 0 bridgehead atoms. The summed E-state index contributed by atoms with van der Waals surface area (Å²) in [5.74, 6) is 0.267. The Hall–Kier alpha value is -0.790. The van der Waals surface area contributed by atoms with Gasteiger partial charge in [0.05, 0.1) is 0 Å². The number of hydrogen-bond acceptors (Lipinski definition) is 2. The summed E-state index contributed by atoms with van der Waals surface area (Å²) in [5.41, 5.74) is 0. The maximum atomic E-state index is 11.0. The molecule has 0 aromatic heterocycles. The van der Waals surface area contributed by atoms with E-state index >= 15 is 0 Å². The van der Waals surface area contributed by atoms with Gasteiger partial charge in [-0.05, 0) is 25.7 Å². The fourth-order valence-electron chi connectivity index (χ4n) is 2.11. The molecule has 14 heavy (non-hydrogen) atoms. The Morgan fingerprint density at radius 3 is 2.43 bits per heavy atom. The third-order valence-electron chi connectivity index (χ3n) is 3.03. The molecule has 0 amide bonds. The maximum Gasteiger partial charge on any atom is 0.330 e. The van der Waals surface area contributed by atoms with Crippen molar-refractivity contribution in [3.8, 4) is 0 Å². The third kappa shape index (κ3) is 3.52. The van der Waals surface area contributed by atoms with Crippen molar-refractivity contribution in [3.05, 3.63) is 12.7 Å². The lowest BCUT2D eigenvalue weighted by Gasteiger charge is -2.21.